The van der Waals surface area contributed by atoms with Gasteiger partial charge in [0.2, 0.25) is 0 Å². The second kappa shape index (κ2) is 5.78. The number of amides is 2. The van der Waals surface area contributed by atoms with Crippen LogP contribution in [0.5, 0.6) is 0 Å². The third-order valence-electron chi connectivity index (χ3n) is 3.43. The van der Waals surface area contributed by atoms with Crippen LogP contribution in [-0.2, 0) is 4.79 Å². The Bertz CT molecular complexity index is 687. The maximum atomic E-state index is 11.9. The van der Waals surface area contributed by atoms with Gasteiger partial charge in [-0.05, 0) is 37.6 Å². The van der Waals surface area contributed by atoms with Crippen LogP contribution in [0.3, 0.4) is 0 Å². The quantitative estimate of drug-likeness (QED) is 0.806. The van der Waals surface area contributed by atoms with Gasteiger partial charge in [-0.15, -0.1) is 0 Å². The summed E-state index contributed by atoms with van der Waals surface area (Å²) in [5.41, 5.74) is 0.117. The highest BCUT2D eigenvalue weighted by Crippen LogP contribution is 2.17. The molecule has 0 bridgehead atoms. The van der Waals surface area contributed by atoms with Crippen molar-refractivity contribution in [1.82, 2.24) is 10.3 Å². The van der Waals surface area contributed by atoms with Crippen LogP contribution in [0.1, 0.15) is 20.3 Å². The maximum Gasteiger partial charge on any atom is 0.329 e. The number of carbonyl (C=O) groups is 2. The number of anilines is 1. The second-order valence-corrected chi connectivity index (χ2v) is 4.98. The van der Waals surface area contributed by atoms with Crippen LogP contribution in [-0.4, -0.2) is 27.6 Å². The van der Waals surface area contributed by atoms with Crippen LogP contribution in [0.2, 0.25) is 0 Å². The summed E-state index contributed by atoms with van der Waals surface area (Å²) in [5, 5.41) is 15.1. The minimum atomic E-state index is -1.29. The molecule has 21 heavy (non-hydrogen) atoms. The van der Waals surface area contributed by atoms with Crippen molar-refractivity contribution >= 4 is 28.6 Å². The summed E-state index contributed by atoms with van der Waals surface area (Å²) < 4.78 is 0. The summed E-state index contributed by atoms with van der Waals surface area (Å²) in [7, 11) is 0. The van der Waals surface area contributed by atoms with E-state index in [-0.39, 0.29) is 6.42 Å². The van der Waals surface area contributed by atoms with E-state index >= 15 is 0 Å². The topological polar surface area (TPSA) is 91.3 Å². The first-order valence-electron chi connectivity index (χ1n) is 6.62. The van der Waals surface area contributed by atoms with Crippen LogP contribution in [0.25, 0.3) is 10.9 Å². The number of nitrogens with zero attached hydrogens (tertiary/aromatic N) is 1. The second-order valence-electron chi connectivity index (χ2n) is 4.98. The number of carboxylic acid groups (broad SMARTS) is 1. The van der Waals surface area contributed by atoms with Crippen molar-refractivity contribution < 1.29 is 14.7 Å². The molecule has 0 fully saturated rings. The molecule has 1 aromatic heterocycles. The minimum Gasteiger partial charge on any atom is -0.480 e. The average molecular weight is 287 g/mol. The van der Waals surface area contributed by atoms with Crippen LogP contribution in [0.15, 0.2) is 36.5 Å². The summed E-state index contributed by atoms with van der Waals surface area (Å²) in [6.07, 6.45) is 1.99. The van der Waals surface area contributed by atoms with Crippen LogP contribution < -0.4 is 10.6 Å². The van der Waals surface area contributed by atoms with E-state index in [1.165, 1.54) is 6.92 Å². The van der Waals surface area contributed by atoms with Crippen LogP contribution >= 0.6 is 0 Å². The summed E-state index contributed by atoms with van der Waals surface area (Å²) >= 11 is 0. The molecule has 1 atom stereocenters. The fourth-order valence-electron chi connectivity index (χ4n) is 1.86. The fourth-order valence-corrected chi connectivity index (χ4v) is 1.86. The molecule has 1 heterocycles. The molecule has 6 nitrogen and oxygen atoms in total. The van der Waals surface area contributed by atoms with E-state index in [0.29, 0.717) is 5.69 Å². The standard InChI is InChI=1S/C15H17N3O3/c1-3-15(2,13(19)20)18-14(21)17-11-6-7-12-10(9-11)5-4-8-16-12/h4-9H,3H2,1-2H3,(H,19,20)(H2,17,18,21). The van der Waals surface area contributed by atoms with E-state index in [1.54, 1.807) is 31.3 Å². The first-order chi connectivity index (χ1) is 9.94. The van der Waals surface area contributed by atoms with Crippen molar-refractivity contribution in [2.45, 2.75) is 25.8 Å². The first-order valence-corrected chi connectivity index (χ1v) is 6.62. The van der Waals surface area contributed by atoms with Gasteiger partial charge in [0.15, 0.2) is 0 Å². The van der Waals surface area contributed by atoms with E-state index in [0.717, 1.165) is 10.9 Å². The number of pyridine rings is 1. The number of benzene rings is 1. The van der Waals surface area contributed by atoms with Gasteiger partial charge in [0.05, 0.1) is 5.52 Å². The zero-order valence-electron chi connectivity index (χ0n) is 11.9. The molecular weight excluding hydrogens is 270 g/mol. The van der Waals surface area contributed by atoms with E-state index in [9.17, 15) is 9.59 Å². The van der Waals surface area contributed by atoms with Gasteiger partial charge < -0.3 is 15.7 Å². The number of aliphatic carboxylic acids is 1. The summed E-state index contributed by atoms with van der Waals surface area (Å²) in [5.74, 6) is -1.07. The van der Waals surface area contributed by atoms with Gasteiger partial charge in [-0.25, -0.2) is 9.59 Å². The molecule has 0 radical (unpaired) electrons. The Labute approximate surface area is 122 Å². The van der Waals surface area contributed by atoms with E-state index in [2.05, 4.69) is 15.6 Å². The summed E-state index contributed by atoms with van der Waals surface area (Å²) in [6.45, 7) is 3.18. The van der Waals surface area contributed by atoms with Crippen molar-refractivity contribution in [1.29, 1.82) is 0 Å². The lowest BCUT2D eigenvalue weighted by molar-refractivity contribution is -0.143. The van der Waals surface area contributed by atoms with Gasteiger partial charge in [0, 0.05) is 17.3 Å². The third-order valence-corrected chi connectivity index (χ3v) is 3.43. The molecule has 1 aromatic carbocycles. The van der Waals surface area contributed by atoms with Crippen LogP contribution in [0.4, 0.5) is 10.5 Å². The minimum absolute atomic E-state index is 0.289. The Morgan fingerprint density at radius 1 is 1.33 bits per heavy atom. The Kier molecular flexibility index (Phi) is 4.07. The molecule has 6 heteroatoms. The monoisotopic (exact) mass is 287 g/mol. The summed E-state index contributed by atoms with van der Waals surface area (Å²) in [4.78, 5) is 27.3. The van der Waals surface area contributed by atoms with Crippen molar-refractivity contribution in [3.63, 3.8) is 0 Å². The molecule has 2 rings (SSSR count). The number of urea groups is 1. The molecule has 110 valence electrons. The zero-order chi connectivity index (χ0) is 15.5. The molecule has 3 N–H and O–H groups in total. The number of hydrogen-bond donors (Lipinski definition) is 3. The van der Waals surface area contributed by atoms with Crippen molar-refractivity contribution in [2.24, 2.45) is 0 Å². The van der Waals surface area contributed by atoms with E-state index < -0.39 is 17.5 Å². The Morgan fingerprint density at radius 3 is 2.76 bits per heavy atom. The number of rotatable bonds is 4. The number of aromatic nitrogens is 1. The van der Waals surface area contributed by atoms with Gasteiger partial charge >= 0.3 is 12.0 Å². The number of fused-ring (bicyclic) bond motifs is 1. The Hall–Kier alpha value is -2.63. The third kappa shape index (κ3) is 3.28. The average Bonchev–Trinajstić information content (AvgIpc) is 2.46. The molecule has 0 aliphatic heterocycles. The zero-order valence-corrected chi connectivity index (χ0v) is 11.9. The molecule has 0 aliphatic carbocycles. The fraction of sp³-hybridized carbons (Fsp3) is 0.267. The highest BCUT2D eigenvalue weighted by molar-refractivity contribution is 5.95. The van der Waals surface area contributed by atoms with Gasteiger partial charge in [-0.3, -0.25) is 4.98 Å². The Morgan fingerprint density at radius 2 is 2.10 bits per heavy atom. The maximum absolute atomic E-state index is 11.9. The van der Waals surface area contributed by atoms with Gasteiger partial charge in [-0.2, -0.15) is 0 Å². The number of nitrogens with one attached hydrogen (secondary N) is 2. The van der Waals surface area contributed by atoms with E-state index in [1.807, 2.05) is 12.1 Å². The molecular formula is C15H17N3O3. The van der Waals surface area contributed by atoms with Gasteiger partial charge in [0.1, 0.15) is 5.54 Å². The highest BCUT2D eigenvalue weighted by Gasteiger charge is 2.32. The van der Waals surface area contributed by atoms with Gasteiger partial charge in [0.25, 0.3) is 0 Å². The molecule has 1 unspecified atom stereocenters. The van der Waals surface area contributed by atoms with E-state index in [4.69, 9.17) is 5.11 Å². The SMILES string of the molecule is CCC(C)(NC(=O)Nc1ccc2ncccc2c1)C(=O)O. The lowest BCUT2D eigenvalue weighted by atomic mass is 10.00. The molecule has 0 saturated carbocycles. The molecule has 2 aromatic rings. The van der Waals surface area contributed by atoms with Crippen molar-refractivity contribution in [3.8, 4) is 0 Å². The lowest BCUT2D eigenvalue weighted by Gasteiger charge is -2.24. The largest absolute Gasteiger partial charge is 0.480 e. The smallest absolute Gasteiger partial charge is 0.329 e. The Balaban J connectivity index is 2.12. The van der Waals surface area contributed by atoms with Crippen molar-refractivity contribution in [3.05, 3.63) is 36.5 Å². The number of carboxylic acids is 1. The predicted molar refractivity (Wildman–Crippen MR) is 80.2 cm³/mol. The molecule has 0 saturated heterocycles. The number of hydrogen-bond acceptors (Lipinski definition) is 3. The highest BCUT2D eigenvalue weighted by atomic mass is 16.4. The van der Waals surface area contributed by atoms with Crippen LogP contribution in [0, 0.1) is 0 Å². The van der Waals surface area contributed by atoms with Crippen molar-refractivity contribution in [2.75, 3.05) is 5.32 Å². The first kappa shape index (κ1) is 14.8. The summed E-state index contributed by atoms with van der Waals surface area (Å²) in [6, 6.07) is 8.44. The normalized spacial score (nSPS) is 13.4. The lowest BCUT2D eigenvalue weighted by Crippen LogP contribution is -2.53. The van der Waals surface area contributed by atoms with Gasteiger partial charge in [-0.1, -0.05) is 13.0 Å². The molecule has 2 amide bonds. The number of carbonyl (C=O) groups excluding carboxylic acids is 1. The predicted octanol–water partition coefficient (Wildman–Crippen LogP) is 2.61. The molecule has 0 aliphatic rings. The molecule has 0 spiro atoms.